The fourth-order valence-corrected chi connectivity index (χ4v) is 2.71. The molecule has 4 rings (SSSR count). The molecule has 0 atom stereocenters. The molecule has 0 radical (unpaired) electrons. The van der Waals surface area contributed by atoms with Gasteiger partial charge >= 0.3 is 0 Å². The smallest absolute Gasteiger partial charge is 0.134 e. The van der Waals surface area contributed by atoms with Crippen LogP contribution in [0, 0.1) is 6.92 Å². The lowest BCUT2D eigenvalue weighted by Gasteiger charge is -2.05. The molecular weight excluding hydrogens is 262 g/mol. The molecule has 0 saturated heterocycles. The van der Waals surface area contributed by atoms with Crippen LogP contribution in [0.15, 0.2) is 41.1 Å². The van der Waals surface area contributed by atoms with Gasteiger partial charge < -0.3 is 9.73 Å². The average Bonchev–Trinajstić information content (AvgIpc) is 3.14. The highest BCUT2D eigenvalue weighted by Crippen LogP contribution is 2.28. The maximum Gasteiger partial charge on any atom is 0.134 e. The lowest BCUT2D eigenvalue weighted by atomic mass is 10.1. The van der Waals surface area contributed by atoms with E-state index < -0.39 is 0 Å². The minimum atomic E-state index is 0.679. The van der Waals surface area contributed by atoms with Gasteiger partial charge in [-0.3, -0.25) is 4.68 Å². The molecule has 1 N–H and O–H groups in total. The number of nitrogens with one attached hydrogen (secondary N) is 1. The number of fused-ring (bicyclic) bond motifs is 1. The summed E-state index contributed by atoms with van der Waals surface area (Å²) in [5.74, 6) is 1.04. The fraction of sp³-hybridized carbons (Fsp3) is 0.353. The van der Waals surface area contributed by atoms with Crippen molar-refractivity contribution in [3.63, 3.8) is 0 Å². The van der Waals surface area contributed by atoms with Crippen molar-refractivity contribution in [3.05, 3.63) is 53.5 Å². The molecule has 4 nitrogen and oxygen atoms in total. The average molecular weight is 281 g/mol. The minimum Gasteiger partial charge on any atom is -0.459 e. The highest BCUT2D eigenvalue weighted by molar-refractivity contribution is 5.82. The van der Waals surface area contributed by atoms with E-state index in [9.17, 15) is 0 Å². The molecule has 1 aliphatic rings. The van der Waals surface area contributed by atoms with Gasteiger partial charge in [-0.25, -0.2) is 0 Å². The molecule has 0 aliphatic heterocycles. The number of rotatable bonds is 5. The van der Waals surface area contributed by atoms with E-state index in [4.69, 9.17) is 4.42 Å². The van der Waals surface area contributed by atoms with Crippen LogP contribution in [0.2, 0.25) is 0 Å². The first-order chi connectivity index (χ1) is 10.3. The number of para-hydroxylation sites is 1. The lowest BCUT2D eigenvalue weighted by molar-refractivity contribution is 0.501. The fourth-order valence-electron chi connectivity index (χ4n) is 2.71. The normalized spacial score (nSPS) is 14.9. The topological polar surface area (TPSA) is 43.0 Å². The number of hydrogen-bond donors (Lipinski definition) is 1. The van der Waals surface area contributed by atoms with Crippen LogP contribution in [0.5, 0.6) is 0 Å². The molecule has 1 saturated carbocycles. The third-order valence-electron chi connectivity index (χ3n) is 3.99. The van der Waals surface area contributed by atoms with Gasteiger partial charge in [-0.05, 0) is 31.4 Å². The third kappa shape index (κ3) is 2.59. The second kappa shape index (κ2) is 5.04. The standard InChI is InChI=1S/C17H19N3O/c1-12-8-19-20(10-12)11-15-14-4-2-3-5-16(14)21-17(15)9-18-13-6-7-13/h2-5,8,10,13,18H,6-7,9,11H2,1H3. The zero-order valence-corrected chi connectivity index (χ0v) is 12.2. The number of aryl methyl sites for hydroxylation is 1. The van der Waals surface area contributed by atoms with E-state index in [1.54, 1.807) is 0 Å². The number of hydrogen-bond acceptors (Lipinski definition) is 3. The molecule has 1 aliphatic carbocycles. The Morgan fingerprint density at radius 2 is 2.19 bits per heavy atom. The first kappa shape index (κ1) is 12.7. The minimum absolute atomic E-state index is 0.679. The maximum atomic E-state index is 6.05. The monoisotopic (exact) mass is 281 g/mol. The van der Waals surface area contributed by atoms with E-state index in [1.807, 2.05) is 23.0 Å². The van der Waals surface area contributed by atoms with Gasteiger partial charge in [0.1, 0.15) is 11.3 Å². The SMILES string of the molecule is Cc1cnn(Cc2c(CNC3CC3)oc3ccccc23)c1. The Bertz CT molecular complexity index is 767. The van der Waals surface area contributed by atoms with Crippen LogP contribution in [-0.4, -0.2) is 15.8 Å². The zero-order chi connectivity index (χ0) is 14.2. The van der Waals surface area contributed by atoms with Gasteiger partial charge in [-0.15, -0.1) is 0 Å². The molecule has 2 heterocycles. The summed E-state index contributed by atoms with van der Waals surface area (Å²) in [5.41, 5.74) is 3.38. The molecular formula is C17H19N3O. The Morgan fingerprint density at radius 3 is 2.95 bits per heavy atom. The summed E-state index contributed by atoms with van der Waals surface area (Å²) in [6, 6.07) is 8.93. The van der Waals surface area contributed by atoms with Gasteiger partial charge in [0.2, 0.25) is 0 Å². The zero-order valence-electron chi connectivity index (χ0n) is 12.2. The van der Waals surface area contributed by atoms with Crippen molar-refractivity contribution in [1.29, 1.82) is 0 Å². The van der Waals surface area contributed by atoms with E-state index in [0.717, 1.165) is 24.4 Å². The predicted octanol–water partition coefficient (Wildman–Crippen LogP) is 3.24. The molecule has 3 aromatic rings. The highest BCUT2D eigenvalue weighted by atomic mass is 16.3. The third-order valence-corrected chi connectivity index (χ3v) is 3.99. The summed E-state index contributed by atoms with van der Waals surface area (Å²) in [6.07, 6.45) is 6.53. The van der Waals surface area contributed by atoms with Crippen LogP contribution in [0.3, 0.4) is 0 Å². The summed E-state index contributed by atoms with van der Waals surface area (Å²) < 4.78 is 8.03. The molecule has 21 heavy (non-hydrogen) atoms. The van der Waals surface area contributed by atoms with Gasteiger partial charge in [0.25, 0.3) is 0 Å². The summed E-state index contributed by atoms with van der Waals surface area (Å²) >= 11 is 0. The van der Waals surface area contributed by atoms with Crippen molar-refractivity contribution in [2.24, 2.45) is 0 Å². The van der Waals surface area contributed by atoms with Crippen LogP contribution >= 0.6 is 0 Å². The van der Waals surface area contributed by atoms with Crippen LogP contribution in [-0.2, 0) is 13.1 Å². The number of benzene rings is 1. The lowest BCUT2D eigenvalue weighted by Crippen LogP contribution is -2.16. The molecule has 0 spiro atoms. The molecule has 2 aromatic heterocycles. The van der Waals surface area contributed by atoms with E-state index >= 15 is 0 Å². The van der Waals surface area contributed by atoms with Gasteiger partial charge in [0, 0.05) is 23.2 Å². The summed E-state index contributed by atoms with van der Waals surface area (Å²) in [4.78, 5) is 0. The molecule has 0 bridgehead atoms. The molecule has 0 amide bonds. The van der Waals surface area contributed by atoms with Crippen molar-refractivity contribution >= 4 is 11.0 Å². The van der Waals surface area contributed by atoms with E-state index in [-0.39, 0.29) is 0 Å². The highest BCUT2D eigenvalue weighted by Gasteiger charge is 2.22. The second-order valence-electron chi connectivity index (χ2n) is 5.87. The molecule has 108 valence electrons. The van der Waals surface area contributed by atoms with Gasteiger partial charge in [-0.1, -0.05) is 18.2 Å². The summed E-state index contributed by atoms with van der Waals surface area (Å²) in [6.45, 7) is 3.62. The van der Waals surface area contributed by atoms with Crippen molar-refractivity contribution in [2.45, 2.75) is 38.9 Å². The molecule has 0 unspecified atom stereocenters. The maximum absolute atomic E-state index is 6.05. The summed E-state index contributed by atoms with van der Waals surface area (Å²) in [5, 5.41) is 9.14. The van der Waals surface area contributed by atoms with Gasteiger partial charge in [-0.2, -0.15) is 5.10 Å². The Labute approximate surface area is 123 Å². The first-order valence-electron chi connectivity index (χ1n) is 7.51. The molecule has 1 aromatic carbocycles. The van der Waals surface area contributed by atoms with Crippen molar-refractivity contribution < 1.29 is 4.42 Å². The Hall–Kier alpha value is -2.07. The second-order valence-corrected chi connectivity index (χ2v) is 5.87. The van der Waals surface area contributed by atoms with Gasteiger partial charge in [0.15, 0.2) is 0 Å². The largest absolute Gasteiger partial charge is 0.459 e. The molecule has 1 fully saturated rings. The Kier molecular flexibility index (Phi) is 3.04. The van der Waals surface area contributed by atoms with Crippen molar-refractivity contribution in [1.82, 2.24) is 15.1 Å². The Morgan fingerprint density at radius 1 is 1.33 bits per heavy atom. The van der Waals surface area contributed by atoms with Crippen LogP contribution in [0.1, 0.15) is 29.7 Å². The van der Waals surface area contributed by atoms with Crippen LogP contribution in [0.4, 0.5) is 0 Å². The van der Waals surface area contributed by atoms with E-state index in [0.29, 0.717) is 6.04 Å². The van der Waals surface area contributed by atoms with Gasteiger partial charge in [0.05, 0.1) is 19.3 Å². The van der Waals surface area contributed by atoms with Crippen LogP contribution < -0.4 is 5.32 Å². The summed E-state index contributed by atoms with van der Waals surface area (Å²) in [7, 11) is 0. The number of nitrogens with zero attached hydrogens (tertiary/aromatic N) is 2. The quantitative estimate of drug-likeness (QED) is 0.780. The van der Waals surface area contributed by atoms with Crippen LogP contribution in [0.25, 0.3) is 11.0 Å². The first-order valence-corrected chi connectivity index (χ1v) is 7.51. The van der Waals surface area contributed by atoms with E-state index in [1.165, 1.54) is 29.4 Å². The van der Waals surface area contributed by atoms with E-state index in [2.05, 4.69) is 35.7 Å². The Balaban J connectivity index is 1.70. The molecule has 4 heteroatoms. The van der Waals surface area contributed by atoms with Crippen molar-refractivity contribution in [2.75, 3.05) is 0 Å². The van der Waals surface area contributed by atoms with Crippen molar-refractivity contribution in [3.8, 4) is 0 Å². The number of aromatic nitrogens is 2. The predicted molar refractivity (Wildman–Crippen MR) is 82.1 cm³/mol. The number of furan rings is 1.